The molecule has 0 aliphatic rings. The molecular weight excluding hydrogens is 330 g/mol. The zero-order valence-electron chi connectivity index (χ0n) is 15.5. The van der Waals surface area contributed by atoms with Gasteiger partial charge in [0.25, 0.3) is 0 Å². The Morgan fingerprint density at radius 3 is 2.60 bits per heavy atom. The van der Waals surface area contributed by atoms with Gasteiger partial charge in [-0.05, 0) is 48.6 Å². The molecule has 0 amide bonds. The summed E-state index contributed by atoms with van der Waals surface area (Å²) in [6, 6.07) is 12.5. The number of ether oxygens (including phenoxy) is 2. The quantitative estimate of drug-likeness (QED) is 0.698. The minimum absolute atomic E-state index is 0.484. The maximum atomic E-state index is 6.11. The molecule has 0 radical (unpaired) electrons. The van der Waals surface area contributed by atoms with E-state index in [1.165, 1.54) is 11.1 Å². The average molecular weight is 358 g/mol. The molecule has 0 aliphatic carbocycles. The number of benzene rings is 2. The first-order valence-corrected chi connectivity index (χ1v) is 9.07. The van der Waals surface area contributed by atoms with Crippen LogP contribution in [0.4, 0.5) is 0 Å². The third kappa shape index (κ3) is 5.20. The molecule has 0 aromatic heterocycles. The van der Waals surface area contributed by atoms with E-state index in [0.717, 1.165) is 46.9 Å². The topological polar surface area (TPSA) is 30.5 Å². The van der Waals surface area contributed by atoms with E-state index in [2.05, 4.69) is 43.4 Å². The van der Waals surface area contributed by atoms with Crippen LogP contribution in [0.1, 0.15) is 35.6 Å². The van der Waals surface area contributed by atoms with Gasteiger partial charge in [0.05, 0.1) is 12.1 Å². The van der Waals surface area contributed by atoms with E-state index in [9.17, 15) is 0 Å². The van der Waals surface area contributed by atoms with Crippen molar-refractivity contribution >= 4 is 17.2 Å². The van der Waals surface area contributed by atoms with E-state index in [-0.39, 0.29) is 0 Å². The lowest BCUT2D eigenvalue weighted by Crippen LogP contribution is -2.16. The highest BCUT2D eigenvalue weighted by Gasteiger charge is 2.11. The smallest absolute Gasteiger partial charge is 0.125 e. The van der Waals surface area contributed by atoms with Gasteiger partial charge >= 0.3 is 0 Å². The van der Waals surface area contributed by atoms with Gasteiger partial charge < -0.3 is 14.8 Å². The SMILES string of the molecule is CCc1ccc(OCc2c(CCC(=S)NC)cccc2OC)c(C)c1. The first-order chi connectivity index (χ1) is 12.1. The van der Waals surface area contributed by atoms with Crippen molar-refractivity contribution < 1.29 is 9.47 Å². The summed E-state index contributed by atoms with van der Waals surface area (Å²) in [5, 5.41) is 3.03. The highest BCUT2D eigenvalue weighted by atomic mass is 32.1. The molecule has 0 bridgehead atoms. The maximum Gasteiger partial charge on any atom is 0.125 e. The van der Waals surface area contributed by atoms with Crippen LogP contribution in [0.5, 0.6) is 11.5 Å². The van der Waals surface area contributed by atoms with Crippen LogP contribution >= 0.6 is 12.2 Å². The Kier molecular flexibility index (Phi) is 7.26. The lowest BCUT2D eigenvalue weighted by molar-refractivity contribution is 0.293. The molecule has 0 spiro atoms. The second-order valence-corrected chi connectivity index (χ2v) is 6.51. The molecule has 2 aromatic carbocycles. The molecule has 0 saturated heterocycles. The molecule has 2 aromatic rings. The summed E-state index contributed by atoms with van der Waals surface area (Å²) in [4.78, 5) is 0.862. The van der Waals surface area contributed by atoms with Crippen molar-refractivity contribution in [1.29, 1.82) is 0 Å². The van der Waals surface area contributed by atoms with Gasteiger partial charge in [-0.3, -0.25) is 0 Å². The number of hydrogen-bond acceptors (Lipinski definition) is 3. The highest BCUT2D eigenvalue weighted by molar-refractivity contribution is 7.80. The molecule has 25 heavy (non-hydrogen) atoms. The van der Waals surface area contributed by atoms with Gasteiger partial charge in [0.15, 0.2) is 0 Å². The molecule has 0 saturated carbocycles. The monoisotopic (exact) mass is 357 g/mol. The minimum atomic E-state index is 0.484. The Bertz CT molecular complexity index is 728. The standard InChI is InChI=1S/C21H27NO2S/c1-5-16-9-11-19(15(2)13-16)24-14-18-17(10-12-21(25)22-3)7-6-8-20(18)23-4/h6-9,11,13H,5,10,12,14H2,1-4H3,(H,22,25). The van der Waals surface area contributed by atoms with Crippen molar-refractivity contribution in [3.63, 3.8) is 0 Å². The van der Waals surface area contributed by atoms with Crippen LogP contribution in [0.2, 0.25) is 0 Å². The second-order valence-electron chi connectivity index (χ2n) is 6.01. The molecular formula is C21H27NO2S. The van der Waals surface area contributed by atoms with E-state index in [4.69, 9.17) is 21.7 Å². The largest absolute Gasteiger partial charge is 0.496 e. The Balaban J connectivity index is 2.18. The van der Waals surface area contributed by atoms with Gasteiger partial charge in [-0.15, -0.1) is 0 Å². The Morgan fingerprint density at radius 1 is 1.16 bits per heavy atom. The van der Waals surface area contributed by atoms with Gasteiger partial charge in [-0.25, -0.2) is 0 Å². The third-order valence-corrected chi connectivity index (χ3v) is 4.78. The van der Waals surface area contributed by atoms with Crippen LogP contribution < -0.4 is 14.8 Å². The van der Waals surface area contributed by atoms with Crippen LogP contribution in [-0.2, 0) is 19.4 Å². The predicted octanol–water partition coefficient (Wildman–Crippen LogP) is 4.62. The summed E-state index contributed by atoms with van der Waals surface area (Å²) < 4.78 is 11.7. The zero-order chi connectivity index (χ0) is 18.2. The van der Waals surface area contributed by atoms with E-state index in [0.29, 0.717) is 6.61 Å². The van der Waals surface area contributed by atoms with Crippen LogP contribution in [-0.4, -0.2) is 19.1 Å². The van der Waals surface area contributed by atoms with Gasteiger partial charge in [-0.2, -0.15) is 0 Å². The molecule has 4 heteroatoms. The lowest BCUT2D eigenvalue weighted by Gasteiger charge is -2.16. The van der Waals surface area contributed by atoms with Crippen molar-refractivity contribution in [1.82, 2.24) is 5.32 Å². The zero-order valence-corrected chi connectivity index (χ0v) is 16.3. The van der Waals surface area contributed by atoms with Gasteiger partial charge in [-0.1, -0.05) is 43.4 Å². The summed E-state index contributed by atoms with van der Waals surface area (Å²) in [6.07, 6.45) is 2.71. The minimum Gasteiger partial charge on any atom is -0.496 e. The summed E-state index contributed by atoms with van der Waals surface area (Å²) in [5.41, 5.74) is 4.78. The summed E-state index contributed by atoms with van der Waals surface area (Å²) in [5.74, 6) is 1.77. The van der Waals surface area contributed by atoms with Gasteiger partial charge in [0, 0.05) is 19.0 Å². The number of nitrogens with one attached hydrogen (secondary N) is 1. The van der Waals surface area contributed by atoms with Crippen LogP contribution in [0.15, 0.2) is 36.4 Å². The fraction of sp³-hybridized carbons (Fsp3) is 0.381. The van der Waals surface area contributed by atoms with Crippen molar-refractivity contribution in [2.45, 2.75) is 39.7 Å². The van der Waals surface area contributed by atoms with E-state index >= 15 is 0 Å². The van der Waals surface area contributed by atoms with Crippen LogP contribution in [0.25, 0.3) is 0 Å². The molecule has 1 N–H and O–H groups in total. The summed E-state index contributed by atoms with van der Waals surface area (Å²) in [6.45, 7) is 4.73. The number of thiocarbonyl (C=S) groups is 1. The van der Waals surface area contributed by atoms with Crippen molar-refractivity contribution in [2.75, 3.05) is 14.2 Å². The average Bonchev–Trinajstić information content (AvgIpc) is 2.64. The molecule has 0 aliphatic heterocycles. The van der Waals surface area contributed by atoms with E-state index < -0.39 is 0 Å². The maximum absolute atomic E-state index is 6.11. The lowest BCUT2D eigenvalue weighted by atomic mass is 10.0. The number of hydrogen-bond donors (Lipinski definition) is 1. The molecule has 0 fully saturated rings. The number of methoxy groups -OCH3 is 1. The third-order valence-electron chi connectivity index (χ3n) is 4.37. The van der Waals surface area contributed by atoms with Gasteiger partial charge in [0.2, 0.25) is 0 Å². The fourth-order valence-electron chi connectivity index (χ4n) is 2.82. The number of aryl methyl sites for hydroxylation is 3. The normalized spacial score (nSPS) is 10.4. The first-order valence-electron chi connectivity index (χ1n) is 8.66. The molecule has 0 heterocycles. The van der Waals surface area contributed by atoms with Crippen molar-refractivity contribution in [3.05, 3.63) is 58.7 Å². The molecule has 2 rings (SSSR count). The van der Waals surface area contributed by atoms with Crippen LogP contribution in [0.3, 0.4) is 0 Å². The second kappa shape index (κ2) is 9.42. The molecule has 0 unspecified atom stereocenters. The van der Waals surface area contributed by atoms with Crippen molar-refractivity contribution in [2.24, 2.45) is 0 Å². The fourth-order valence-corrected chi connectivity index (χ4v) is 2.92. The first kappa shape index (κ1) is 19.3. The molecule has 134 valence electrons. The predicted molar refractivity (Wildman–Crippen MR) is 108 cm³/mol. The summed E-state index contributed by atoms with van der Waals surface area (Å²) in [7, 11) is 3.56. The van der Waals surface area contributed by atoms with Crippen molar-refractivity contribution in [3.8, 4) is 11.5 Å². The number of rotatable bonds is 8. The Labute approximate surface area is 156 Å². The van der Waals surface area contributed by atoms with Crippen LogP contribution in [0, 0.1) is 6.92 Å². The molecule has 3 nitrogen and oxygen atoms in total. The summed E-state index contributed by atoms with van der Waals surface area (Å²) >= 11 is 5.27. The van der Waals surface area contributed by atoms with E-state index in [1.807, 2.05) is 19.2 Å². The Morgan fingerprint density at radius 2 is 1.96 bits per heavy atom. The van der Waals surface area contributed by atoms with Gasteiger partial charge in [0.1, 0.15) is 18.1 Å². The van der Waals surface area contributed by atoms with E-state index in [1.54, 1.807) is 7.11 Å². The highest BCUT2D eigenvalue weighted by Crippen LogP contribution is 2.27. The Hall–Kier alpha value is -2.07. The molecule has 0 atom stereocenters.